The molecule has 1 aliphatic rings. The molecule has 0 spiro atoms. The summed E-state index contributed by atoms with van der Waals surface area (Å²) in [4.78, 5) is 19.5. The molecule has 5 aromatic carbocycles. The van der Waals surface area contributed by atoms with Gasteiger partial charge in [-0.1, -0.05) is 121 Å². The van der Waals surface area contributed by atoms with Crippen LogP contribution >= 0.6 is 0 Å². The summed E-state index contributed by atoms with van der Waals surface area (Å²) < 4.78 is 0. The van der Waals surface area contributed by atoms with E-state index >= 15 is 0 Å². The van der Waals surface area contributed by atoms with Gasteiger partial charge in [0.2, 0.25) is 0 Å². The van der Waals surface area contributed by atoms with Crippen molar-refractivity contribution in [3.63, 3.8) is 0 Å². The Morgan fingerprint density at radius 2 is 0.907 bits per heavy atom. The van der Waals surface area contributed by atoms with E-state index in [9.17, 15) is 0 Å². The number of pyridine rings is 1. The Balaban J connectivity index is 1.20. The number of benzene rings is 5. The second-order valence-electron chi connectivity index (χ2n) is 10.7. The van der Waals surface area contributed by atoms with Crippen molar-refractivity contribution >= 4 is 0 Å². The molecule has 2 aromatic heterocycles. The largest absolute Gasteiger partial charge is 0.256 e. The fourth-order valence-corrected chi connectivity index (χ4v) is 5.91. The van der Waals surface area contributed by atoms with Gasteiger partial charge >= 0.3 is 0 Å². The van der Waals surface area contributed by atoms with Crippen LogP contribution in [-0.4, -0.2) is 19.9 Å². The molecule has 0 saturated carbocycles. The molecular formula is C39H26N4. The van der Waals surface area contributed by atoms with E-state index in [0.29, 0.717) is 17.5 Å². The van der Waals surface area contributed by atoms with E-state index in [1.807, 2.05) is 66.9 Å². The average molecular weight is 551 g/mol. The van der Waals surface area contributed by atoms with Gasteiger partial charge in [0.1, 0.15) is 0 Å². The van der Waals surface area contributed by atoms with Crippen molar-refractivity contribution < 1.29 is 0 Å². The molecule has 202 valence electrons. The Bertz CT molecular complexity index is 2050. The minimum absolute atomic E-state index is 0.649. The third-order valence-corrected chi connectivity index (χ3v) is 8.02. The van der Waals surface area contributed by atoms with Gasteiger partial charge in [-0.2, -0.15) is 0 Å². The lowest BCUT2D eigenvalue weighted by molar-refractivity contribution is 1.07. The van der Waals surface area contributed by atoms with Crippen molar-refractivity contribution in [2.75, 3.05) is 0 Å². The highest BCUT2D eigenvalue weighted by atomic mass is 15.0. The molecule has 0 radical (unpaired) electrons. The summed E-state index contributed by atoms with van der Waals surface area (Å²) in [5.41, 5.74) is 12.5. The summed E-state index contributed by atoms with van der Waals surface area (Å²) in [6, 6.07) is 48.1. The number of rotatable bonds is 5. The zero-order chi connectivity index (χ0) is 28.6. The molecule has 0 fully saturated rings. The van der Waals surface area contributed by atoms with Gasteiger partial charge in [-0.05, 0) is 51.6 Å². The number of hydrogen-bond donors (Lipinski definition) is 0. The van der Waals surface area contributed by atoms with Gasteiger partial charge in [0.05, 0.1) is 5.69 Å². The summed E-state index contributed by atoms with van der Waals surface area (Å²) in [6.45, 7) is 0. The highest BCUT2D eigenvalue weighted by Crippen LogP contribution is 2.40. The Hall–Kier alpha value is -5.74. The maximum absolute atomic E-state index is 4.93. The Kier molecular flexibility index (Phi) is 6.16. The molecule has 4 heteroatoms. The lowest BCUT2D eigenvalue weighted by atomic mass is 9.95. The van der Waals surface area contributed by atoms with Gasteiger partial charge in [-0.15, -0.1) is 0 Å². The van der Waals surface area contributed by atoms with Gasteiger partial charge < -0.3 is 0 Å². The third-order valence-electron chi connectivity index (χ3n) is 8.02. The number of nitrogens with zero attached hydrogens (tertiary/aromatic N) is 4. The van der Waals surface area contributed by atoms with Gasteiger partial charge in [0.25, 0.3) is 0 Å². The summed E-state index contributed by atoms with van der Waals surface area (Å²) in [5.74, 6) is 1.96. The molecular weight excluding hydrogens is 524 g/mol. The summed E-state index contributed by atoms with van der Waals surface area (Å²) >= 11 is 0. The minimum atomic E-state index is 0.649. The second kappa shape index (κ2) is 10.6. The maximum Gasteiger partial charge on any atom is 0.164 e. The summed E-state index contributed by atoms with van der Waals surface area (Å²) in [7, 11) is 0. The van der Waals surface area contributed by atoms with Crippen molar-refractivity contribution in [2.45, 2.75) is 6.42 Å². The van der Waals surface area contributed by atoms with E-state index in [0.717, 1.165) is 39.9 Å². The van der Waals surface area contributed by atoms with Crippen molar-refractivity contribution in [2.24, 2.45) is 0 Å². The molecule has 7 aromatic rings. The van der Waals surface area contributed by atoms with Crippen LogP contribution in [0.4, 0.5) is 0 Å². The molecule has 1 aliphatic carbocycles. The van der Waals surface area contributed by atoms with Crippen molar-refractivity contribution in [3.8, 4) is 67.7 Å². The quantitative estimate of drug-likeness (QED) is 0.214. The minimum Gasteiger partial charge on any atom is -0.256 e. The molecule has 0 N–H and O–H groups in total. The molecule has 2 heterocycles. The van der Waals surface area contributed by atoms with E-state index < -0.39 is 0 Å². The van der Waals surface area contributed by atoms with Crippen LogP contribution in [0.15, 0.2) is 146 Å². The third kappa shape index (κ3) is 4.69. The van der Waals surface area contributed by atoms with E-state index in [-0.39, 0.29) is 0 Å². The van der Waals surface area contributed by atoms with Crippen LogP contribution in [0.3, 0.4) is 0 Å². The molecule has 8 rings (SSSR count). The van der Waals surface area contributed by atoms with Crippen LogP contribution in [0.25, 0.3) is 67.7 Å². The normalized spacial score (nSPS) is 11.6. The first kappa shape index (κ1) is 25.0. The molecule has 43 heavy (non-hydrogen) atoms. The number of hydrogen-bond acceptors (Lipinski definition) is 4. The monoisotopic (exact) mass is 550 g/mol. The predicted octanol–water partition coefficient (Wildman–Crippen LogP) is 9.17. The maximum atomic E-state index is 4.93. The molecule has 4 nitrogen and oxygen atoms in total. The van der Waals surface area contributed by atoms with Gasteiger partial charge in [-0.3, -0.25) is 4.98 Å². The molecule has 0 amide bonds. The fraction of sp³-hybridized carbons (Fsp3) is 0.0256. The van der Waals surface area contributed by atoms with Crippen molar-refractivity contribution in [1.82, 2.24) is 19.9 Å². The lowest BCUT2D eigenvalue weighted by Gasteiger charge is -2.12. The van der Waals surface area contributed by atoms with E-state index in [4.69, 9.17) is 19.9 Å². The molecule has 0 bridgehead atoms. The standard InChI is InChI=1S/C39H26N4/c1-3-11-26(12-4-1)37-41-38(27-13-5-2-6-14-27)43-39(42-37)32-19-10-17-29(24-32)28-16-9-18-30(23-28)33-21-22-40-36-34-20-8-7-15-31(34)25-35(33)36/h1-24H,25H2. The van der Waals surface area contributed by atoms with Crippen LogP contribution in [-0.2, 0) is 6.42 Å². The zero-order valence-corrected chi connectivity index (χ0v) is 23.4. The van der Waals surface area contributed by atoms with E-state index in [2.05, 4.69) is 78.9 Å². The van der Waals surface area contributed by atoms with Gasteiger partial charge in [-0.25, -0.2) is 15.0 Å². The topological polar surface area (TPSA) is 51.6 Å². The van der Waals surface area contributed by atoms with E-state index in [1.165, 1.54) is 27.8 Å². The molecule has 0 atom stereocenters. The number of aromatic nitrogens is 4. The zero-order valence-electron chi connectivity index (χ0n) is 23.4. The predicted molar refractivity (Wildman–Crippen MR) is 173 cm³/mol. The lowest BCUT2D eigenvalue weighted by Crippen LogP contribution is -2.00. The van der Waals surface area contributed by atoms with Crippen LogP contribution in [0.2, 0.25) is 0 Å². The smallest absolute Gasteiger partial charge is 0.164 e. The Labute approximate surface area is 250 Å². The average Bonchev–Trinajstić information content (AvgIpc) is 3.48. The fourth-order valence-electron chi connectivity index (χ4n) is 5.91. The van der Waals surface area contributed by atoms with Crippen LogP contribution in [0, 0.1) is 0 Å². The Morgan fingerprint density at radius 3 is 1.58 bits per heavy atom. The molecule has 0 unspecified atom stereocenters. The van der Waals surface area contributed by atoms with Crippen molar-refractivity contribution in [1.29, 1.82) is 0 Å². The molecule has 0 aliphatic heterocycles. The van der Waals surface area contributed by atoms with Crippen LogP contribution < -0.4 is 0 Å². The molecule has 0 saturated heterocycles. The van der Waals surface area contributed by atoms with E-state index in [1.54, 1.807) is 0 Å². The first-order chi connectivity index (χ1) is 21.3. The first-order valence-corrected chi connectivity index (χ1v) is 14.4. The SMILES string of the molecule is c1ccc(-c2nc(-c3ccccc3)nc(-c3cccc(-c4cccc(-c5ccnc6c5Cc5ccccc5-6)c4)c3)n2)cc1. The highest BCUT2D eigenvalue weighted by molar-refractivity contribution is 5.84. The van der Waals surface area contributed by atoms with Crippen LogP contribution in [0.1, 0.15) is 11.1 Å². The van der Waals surface area contributed by atoms with Crippen molar-refractivity contribution in [3.05, 3.63) is 157 Å². The van der Waals surface area contributed by atoms with Gasteiger partial charge in [0, 0.05) is 34.9 Å². The first-order valence-electron chi connectivity index (χ1n) is 14.4. The second-order valence-corrected chi connectivity index (χ2v) is 10.7. The number of fused-ring (bicyclic) bond motifs is 3. The summed E-state index contributed by atoms with van der Waals surface area (Å²) in [5, 5.41) is 0. The summed E-state index contributed by atoms with van der Waals surface area (Å²) in [6.07, 6.45) is 2.83. The Morgan fingerprint density at radius 1 is 0.395 bits per heavy atom. The highest BCUT2D eigenvalue weighted by Gasteiger charge is 2.22. The van der Waals surface area contributed by atoms with Gasteiger partial charge in [0.15, 0.2) is 17.5 Å². The van der Waals surface area contributed by atoms with Crippen LogP contribution in [0.5, 0.6) is 0 Å².